The van der Waals surface area contributed by atoms with Gasteiger partial charge in [0, 0.05) is 50.0 Å². The molecule has 49 heavy (non-hydrogen) atoms. The van der Waals surface area contributed by atoms with Crippen LogP contribution in [-0.2, 0) is 21.1 Å². The minimum atomic E-state index is 0. The first-order chi connectivity index (χ1) is 23.7. The minimum absolute atomic E-state index is 0. The Morgan fingerprint density at radius 2 is 1.37 bits per heavy atom. The fraction of sp³-hybridized carbons (Fsp3) is 0.0238. The number of fused-ring (bicyclic) bond motifs is 4. The van der Waals surface area contributed by atoms with Crippen LogP contribution in [0, 0.1) is 19.1 Å². The molecule has 0 saturated heterocycles. The first kappa shape index (κ1) is 30.6. The summed E-state index contributed by atoms with van der Waals surface area (Å²) in [5.74, 6) is 1.97. The summed E-state index contributed by atoms with van der Waals surface area (Å²) in [5.41, 5.74) is 9.18. The van der Waals surface area contributed by atoms with E-state index in [-0.39, 0.29) is 21.1 Å². The third-order valence-electron chi connectivity index (χ3n) is 8.71. The van der Waals surface area contributed by atoms with E-state index in [1.165, 1.54) is 11.1 Å². The van der Waals surface area contributed by atoms with E-state index in [9.17, 15) is 0 Å². The standard InChI is InChI=1S/C42H28N4O2.Pt/c1-29-12-5-6-17-35(29)30-24-25-43-42(26-30)44-38-19-8-7-18-36(38)37-23-22-34(28-41(37)44)47-33-16-11-15-32(27-33)46-40-21-10-9-20-39(40)45(48-46)31-13-3-2-4-14-31;/h2-26H,1H3;/q-2;/p+1. The molecule has 240 valence electrons. The van der Waals surface area contributed by atoms with Gasteiger partial charge in [-0.25, -0.2) is 4.98 Å². The zero-order chi connectivity index (χ0) is 32.0. The molecule has 0 fully saturated rings. The van der Waals surface area contributed by atoms with Crippen molar-refractivity contribution in [3.05, 3.63) is 169 Å². The number of anilines is 4. The van der Waals surface area contributed by atoms with Crippen LogP contribution in [0.3, 0.4) is 0 Å². The average molecular weight is 817 g/mol. The molecule has 8 aromatic rings. The summed E-state index contributed by atoms with van der Waals surface area (Å²) in [6, 6.07) is 56.2. The first-order valence-electron chi connectivity index (χ1n) is 15.9. The third kappa shape index (κ3) is 5.45. The van der Waals surface area contributed by atoms with Gasteiger partial charge in [-0.15, -0.1) is 40.8 Å². The van der Waals surface area contributed by atoms with E-state index in [2.05, 4.69) is 102 Å². The van der Waals surface area contributed by atoms with Crippen LogP contribution < -0.4 is 14.9 Å². The van der Waals surface area contributed by atoms with Crippen LogP contribution in [0.15, 0.2) is 152 Å². The second-order valence-electron chi connectivity index (χ2n) is 11.7. The molecule has 0 unspecified atom stereocenters. The number of hydrogen-bond donors (Lipinski definition) is 0. The number of rotatable bonds is 6. The van der Waals surface area contributed by atoms with E-state index in [1.54, 1.807) is 0 Å². The number of pyridine rings is 1. The van der Waals surface area contributed by atoms with Crippen molar-refractivity contribution in [3.8, 4) is 28.4 Å². The molecule has 1 aliphatic rings. The molecule has 6 nitrogen and oxygen atoms in total. The third-order valence-corrected chi connectivity index (χ3v) is 8.71. The topological polar surface area (TPSA) is 46.3 Å². The number of nitrogens with zero attached hydrogens (tertiary/aromatic N) is 4. The Morgan fingerprint density at radius 1 is 0.633 bits per heavy atom. The number of ether oxygens (including phenoxy) is 1. The Bertz CT molecular complexity index is 2460. The molecule has 0 atom stereocenters. The predicted octanol–water partition coefficient (Wildman–Crippen LogP) is 10.7. The second-order valence-corrected chi connectivity index (χ2v) is 11.7. The summed E-state index contributed by atoms with van der Waals surface area (Å²) < 4.78 is 8.62. The fourth-order valence-corrected chi connectivity index (χ4v) is 6.46. The summed E-state index contributed by atoms with van der Waals surface area (Å²) in [4.78, 5) is 9.78. The van der Waals surface area contributed by atoms with Crippen LogP contribution in [0.25, 0.3) is 38.8 Å². The smallest absolute Gasteiger partial charge is 0.148 e. The van der Waals surface area contributed by atoms with Gasteiger partial charge in [0.05, 0.1) is 0 Å². The zero-order valence-electron chi connectivity index (χ0n) is 26.4. The van der Waals surface area contributed by atoms with Crippen LogP contribution in [-0.4, -0.2) is 14.5 Å². The molecule has 0 bridgehead atoms. The summed E-state index contributed by atoms with van der Waals surface area (Å²) in [7, 11) is 0. The van der Waals surface area contributed by atoms with Crippen LogP contribution in [0.5, 0.6) is 11.5 Å². The zero-order valence-corrected chi connectivity index (χ0v) is 28.7. The van der Waals surface area contributed by atoms with E-state index in [0.717, 1.165) is 55.9 Å². The normalized spacial score (nSPS) is 12.3. The summed E-state index contributed by atoms with van der Waals surface area (Å²) in [5, 5.41) is 6.04. The molecule has 9 rings (SSSR count). The molecular weight excluding hydrogens is 788 g/mol. The van der Waals surface area contributed by atoms with Gasteiger partial charge >= 0.3 is 0 Å². The van der Waals surface area contributed by atoms with Gasteiger partial charge in [0.15, 0.2) is 0 Å². The molecule has 0 spiro atoms. The Hall–Kier alpha value is -5.68. The molecule has 0 saturated carbocycles. The first-order valence-corrected chi connectivity index (χ1v) is 15.9. The van der Waals surface area contributed by atoms with E-state index in [0.29, 0.717) is 11.5 Å². The van der Waals surface area contributed by atoms with E-state index in [4.69, 9.17) is 14.7 Å². The van der Waals surface area contributed by atoms with Crippen molar-refractivity contribution in [2.75, 3.05) is 10.1 Å². The van der Waals surface area contributed by atoms with Crippen molar-refractivity contribution in [2.24, 2.45) is 0 Å². The minimum Gasteiger partial charge on any atom is -0.509 e. The van der Waals surface area contributed by atoms with Gasteiger partial charge in [-0.3, -0.25) is 0 Å². The predicted molar refractivity (Wildman–Crippen MR) is 192 cm³/mol. The van der Waals surface area contributed by atoms with Gasteiger partial charge in [0.25, 0.3) is 0 Å². The molecule has 1 N–H and O–H groups in total. The Kier molecular flexibility index (Phi) is 7.96. The Balaban J connectivity index is 0.00000348. The van der Waals surface area contributed by atoms with Gasteiger partial charge in [0.1, 0.15) is 22.9 Å². The van der Waals surface area contributed by atoms with Crippen LogP contribution in [0.2, 0.25) is 0 Å². The van der Waals surface area contributed by atoms with E-state index in [1.807, 2.05) is 83.1 Å². The number of aromatic nitrogens is 2. The molecule has 3 heterocycles. The fourth-order valence-electron chi connectivity index (χ4n) is 6.46. The van der Waals surface area contributed by atoms with Crippen molar-refractivity contribution in [1.82, 2.24) is 9.55 Å². The second kappa shape index (κ2) is 12.7. The number of aryl methyl sites for hydroxylation is 1. The molecule has 2 aromatic heterocycles. The maximum Gasteiger partial charge on any atom is 0.148 e. The maximum absolute atomic E-state index is 6.46. The van der Waals surface area contributed by atoms with Gasteiger partial charge in [-0.1, -0.05) is 83.4 Å². The summed E-state index contributed by atoms with van der Waals surface area (Å²) in [6.07, 6.45) is 1.87. The molecule has 0 aliphatic carbocycles. The van der Waals surface area contributed by atoms with Crippen LogP contribution in [0.4, 0.5) is 22.7 Å². The quantitative estimate of drug-likeness (QED) is 0.124. The maximum atomic E-state index is 6.46. The van der Waals surface area contributed by atoms with Crippen molar-refractivity contribution in [3.63, 3.8) is 0 Å². The van der Waals surface area contributed by atoms with Crippen molar-refractivity contribution >= 4 is 44.6 Å². The molecule has 0 radical (unpaired) electrons. The van der Waals surface area contributed by atoms with E-state index < -0.39 is 0 Å². The number of para-hydroxylation sites is 4. The monoisotopic (exact) mass is 816 g/mol. The molecule has 0 amide bonds. The Morgan fingerprint density at radius 3 is 2.22 bits per heavy atom. The van der Waals surface area contributed by atoms with Crippen molar-refractivity contribution in [1.29, 1.82) is 0 Å². The van der Waals surface area contributed by atoms with Crippen LogP contribution in [0.1, 0.15) is 5.56 Å². The number of benzene rings is 6. The SMILES string of the molecule is Cc1ccccc1-c1ccnc(-n2c3[c-]c(Oc4[c-]c(N5[OH+]N(c6ccccc6)c6ccccc65)ccc4)ccc3c3ccccc32)c1.[Pt]. The van der Waals surface area contributed by atoms with Crippen LogP contribution >= 0.6 is 0 Å². The summed E-state index contributed by atoms with van der Waals surface area (Å²) in [6.45, 7) is 2.13. The Labute approximate surface area is 298 Å². The van der Waals surface area contributed by atoms with Gasteiger partial charge in [-0.05, 0) is 71.5 Å². The number of hydrogen-bond acceptors (Lipinski definition) is 4. The van der Waals surface area contributed by atoms with Gasteiger partial charge in [0.2, 0.25) is 0 Å². The molecule has 7 heteroatoms. The van der Waals surface area contributed by atoms with E-state index >= 15 is 0 Å². The van der Waals surface area contributed by atoms with Crippen molar-refractivity contribution in [2.45, 2.75) is 6.92 Å². The molecular formula is C42H29N4O2Pt-. The molecule has 1 aliphatic heterocycles. The van der Waals surface area contributed by atoms with Crippen molar-refractivity contribution < 1.29 is 30.7 Å². The average Bonchev–Trinajstić information content (AvgIpc) is 3.69. The molecule has 6 aromatic carbocycles. The van der Waals surface area contributed by atoms with Gasteiger partial charge < -0.3 is 9.30 Å². The van der Waals surface area contributed by atoms with Gasteiger partial charge in [-0.2, -0.15) is 17.1 Å². The largest absolute Gasteiger partial charge is 0.509 e. The summed E-state index contributed by atoms with van der Waals surface area (Å²) >= 11 is 0.